The molecule has 5 rings (SSSR count). The fourth-order valence-electron chi connectivity index (χ4n) is 4.91. The Bertz CT molecular complexity index is 1170. The number of rotatable bonds is 7. The summed E-state index contributed by atoms with van der Waals surface area (Å²) in [6, 6.07) is 15.7. The number of carbonyl (C=O) groups excluding carboxylic acids is 1. The lowest BCUT2D eigenvalue weighted by Gasteiger charge is -2.28. The minimum Gasteiger partial charge on any atom is -0.486 e. The molecule has 0 saturated heterocycles. The molecule has 7 nitrogen and oxygen atoms in total. The number of benzene rings is 2. The third kappa shape index (κ3) is 5.09. The number of amides is 1. The smallest absolute Gasteiger partial charge is 0.227 e. The van der Waals surface area contributed by atoms with Gasteiger partial charge in [0, 0.05) is 23.9 Å². The summed E-state index contributed by atoms with van der Waals surface area (Å²) in [6.45, 7) is 2.86. The first kappa shape index (κ1) is 22.5. The van der Waals surface area contributed by atoms with E-state index in [2.05, 4.69) is 21.7 Å². The molecule has 1 aromatic heterocycles. The molecule has 2 aliphatic rings. The van der Waals surface area contributed by atoms with Gasteiger partial charge in [0.25, 0.3) is 0 Å². The molecular formula is C27H31N3O4. The van der Waals surface area contributed by atoms with Gasteiger partial charge in [0.2, 0.25) is 11.8 Å². The summed E-state index contributed by atoms with van der Waals surface area (Å²) in [5.41, 5.74) is 2.66. The van der Waals surface area contributed by atoms with E-state index in [0.717, 1.165) is 66.9 Å². The number of para-hydroxylation sites is 1. The number of nitrogens with one attached hydrogen (secondary N) is 2. The average Bonchev–Trinajstić information content (AvgIpc) is 2.88. The van der Waals surface area contributed by atoms with Crippen LogP contribution in [-0.2, 0) is 11.3 Å². The van der Waals surface area contributed by atoms with Gasteiger partial charge in [-0.2, -0.15) is 0 Å². The van der Waals surface area contributed by atoms with Gasteiger partial charge in [0.1, 0.15) is 13.2 Å². The first-order valence-corrected chi connectivity index (χ1v) is 12.0. The van der Waals surface area contributed by atoms with E-state index in [1.807, 2.05) is 42.5 Å². The first-order chi connectivity index (χ1) is 16.7. The average molecular weight is 462 g/mol. The lowest BCUT2D eigenvalue weighted by molar-refractivity contribution is -0.121. The molecule has 1 aliphatic carbocycles. The molecule has 2 unspecified atom stereocenters. The van der Waals surface area contributed by atoms with E-state index in [-0.39, 0.29) is 11.8 Å². The molecule has 34 heavy (non-hydrogen) atoms. The van der Waals surface area contributed by atoms with E-state index < -0.39 is 0 Å². The van der Waals surface area contributed by atoms with Crippen LogP contribution in [0.4, 0.5) is 5.69 Å². The van der Waals surface area contributed by atoms with Crippen LogP contribution < -0.4 is 24.8 Å². The Balaban J connectivity index is 1.16. The van der Waals surface area contributed by atoms with Crippen molar-refractivity contribution in [3.8, 4) is 17.4 Å². The topological polar surface area (TPSA) is 81.7 Å². The van der Waals surface area contributed by atoms with Gasteiger partial charge in [-0.15, -0.1) is 0 Å². The minimum absolute atomic E-state index is 0.00991. The van der Waals surface area contributed by atoms with Crippen molar-refractivity contribution in [2.75, 3.05) is 32.2 Å². The molecule has 0 bridgehead atoms. The number of ether oxygens (including phenoxy) is 3. The fourth-order valence-corrected chi connectivity index (χ4v) is 4.91. The van der Waals surface area contributed by atoms with Gasteiger partial charge in [-0.05, 0) is 61.6 Å². The lowest BCUT2D eigenvalue weighted by Crippen LogP contribution is -2.32. The monoisotopic (exact) mass is 461 g/mol. The summed E-state index contributed by atoms with van der Waals surface area (Å²) in [7, 11) is 1.60. The first-order valence-electron chi connectivity index (χ1n) is 12.0. The van der Waals surface area contributed by atoms with Crippen LogP contribution in [0.15, 0.2) is 48.5 Å². The zero-order valence-electron chi connectivity index (χ0n) is 19.5. The zero-order chi connectivity index (χ0) is 23.3. The Kier molecular flexibility index (Phi) is 6.81. The highest BCUT2D eigenvalue weighted by atomic mass is 16.6. The van der Waals surface area contributed by atoms with Crippen molar-refractivity contribution in [3.63, 3.8) is 0 Å². The van der Waals surface area contributed by atoms with Crippen LogP contribution in [0, 0.1) is 11.8 Å². The molecule has 2 heterocycles. The molecule has 2 atom stereocenters. The van der Waals surface area contributed by atoms with Crippen molar-refractivity contribution in [1.82, 2.24) is 10.3 Å². The van der Waals surface area contributed by atoms with Crippen molar-refractivity contribution in [1.29, 1.82) is 0 Å². The number of aromatic nitrogens is 1. The molecule has 3 aromatic rings. The molecule has 1 saturated carbocycles. The number of methoxy groups -OCH3 is 1. The number of hydrogen-bond acceptors (Lipinski definition) is 6. The van der Waals surface area contributed by atoms with E-state index in [1.165, 1.54) is 5.56 Å². The molecule has 1 amide bonds. The summed E-state index contributed by atoms with van der Waals surface area (Å²) in [5.74, 6) is 2.74. The van der Waals surface area contributed by atoms with Gasteiger partial charge in [0.05, 0.1) is 18.3 Å². The highest BCUT2D eigenvalue weighted by Crippen LogP contribution is 2.32. The predicted octanol–water partition coefficient (Wildman–Crippen LogP) is 4.55. The summed E-state index contributed by atoms with van der Waals surface area (Å²) in [6.07, 6.45) is 4.02. The molecule has 178 valence electrons. The second kappa shape index (κ2) is 10.3. The number of pyridine rings is 1. The van der Waals surface area contributed by atoms with Crippen LogP contribution in [0.25, 0.3) is 10.9 Å². The van der Waals surface area contributed by atoms with E-state index in [9.17, 15) is 4.79 Å². The van der Waals surface area contributed by atoms with Crippen LogP contribution in [0.2, 0.25) is 0 Å². The lowest BCUT2D eigenvalue weighted by atomic mass is 9.81. The van der Waals surface area contributed by atoms with Gasteiger partial charge >= 0.3 is 0 Å². The van der Waals surface area contributed by atoms with Gasteiger partial charge in [-0.25, -0.2) is 4.98 Å². The van der Waals surface area contributed by atoms with Gasteiger partial charge < -0.3 is 24.8 Å². The Labute approximate surface area is 199 Å². The molecule has 2 N–H and O–H groups in total. The second-order valence-electron chi connectivity index (χ2n) is 9.06. The molecule has 0 radical (unpaired) electrons. The number of nitrogens with zero attached hydrogens (tertiary/aromatic N) is 1. The van der Waals surface area contributed by atoms with Crippen LogP contribution in [0.3, 0.4) is 0 Å². The maximum absolute atomic E-state index is 13.1. The number of carbonyl (C=O) groups is 1. The van der Waals surface area contributed by atoms with Gasteiger partial charge in [0.15, 0.2) is 11.5 Å². The second-order valence-corrected chi connectivity index (χ2v) is 9.06. The van der Waals surface area contributed by atoms with E-state index in [0.29, 0.717) is 25.0 Å². The van der Waals surface area contributed by atoms with Gasteiger partial charge in [-0.1, -0.05) is 24.6 Å². The van der Waals surface area contributed by atoms with Crippen molar-refractivity contribution >= 4 is 22.5 Å². The maximum atomic E-state index is 13.1. The van der Waals surface area contributed by atoms with Crippen molar-refractivity contribution in [2.45, 2.75) is 32.2 Å². The van der Waals surface area contributed by atoms with Crippen molar-refractivity contribution in [3.05, 3.63) is 54.1 Å². The SMILES string of the molecule is COc1ccc2cccc(NC(=O)C3CCCC(CNCc4ccc5c(c4)OCCO5)C3)c2n1. The van der Waals surface area contributed by atoms with Crippen LogP contribution in [-0.4, -0.2) is 37.8 Å². The highest BCUT2D eigenvalue weighted by Gasteiger charge is 2.27. The number of fused-ring (bicyclic) bond motifs is 2. The number of hydrogen-bond donors (Lipinski definition) is 2. The molecule has 1 fully saturated rings. The predicted molar refractivity (Wildman–Crippen MR) is 132 cm³/mol. The van der Waals surface area contributed by atoms with Crippen LogP contribution >= 0.6 is 0 Å². The molecular weight excluding hydrogens is 430 g/mol. The molecule has 0 spiro atoms. The Morgan fingerprint density at radius 1 is 1.09 bits per heavy atom. The Hall–Kier alpha value is -3.32. The van der Waals surface area contributed by atoms with Gasteiger partial charge in [-0.3, -0.25) is 4.79 Å². The summed E-state index contributed by atoms with van der Waals surface area (Å²) in [4.78, 5) is 17.7. The van der Waals surface area contributed by atoms with E-state index in [4.69, 9.17) is 14.2 Å². The summed E-state index contributed by atoms with van der Waals surface area (Å²) in [5, 5.41) is 7.68. The van der Waals surface area contributed by atoms with E-state index >= 15 is 0 Å². The standard InChI is InChI=1S/C27H31N3O4/c1-32-25-11-9-20-5-3-7-22(26(20)30-25)29-27(31)21-6-2-4-18(14-21)16-28-17-19-8-10-23-24(15-19)34-13-12-33-23/h3,5,7-11,15,18,21,28H,2,4,6,12-14,16-17H2,1H3,(H,29,31). The Morgan fingerprint density at radius 2 is 1.97 bits per heavy atom. The number of anilines is 1. The molecule has 2 aromatic carbocycles. The zero-order valence-corrected chi connectivity index (χ0v) is 19.5. The molecule has 1 aliphatic heterocycles. The minimum atomic E-state index is 0.00991. The third-order valence-corrected chi connectivity index (χ3v) is 6.68. The molecule has 7 heteroatoms. The van der Waals surface area contributed by atoms with Crippen molar-refractivity contribution in [2.24, 2.45) is 11.8 Å². The fraction of sp³-hybridized carbons (Fsp3) is 0.407. The quantitative estimate of drug-likeness (QED) is 0.537. The Morgan fingerprint density at radius 3 is 2.85 bits per heavy atom. The summed E-state index contributed by atoms with van der Waals surface area (Å²) < 4.78 is 16.5. The summed E-state index contributed by atoms with van der Waals surface area (Å²) >= 11 is 0. The maximum Gasteiger partial charge on any atom is 0.227 e. The van der Waals surface area contributed by atoms with Crippen LogP contribution in [0.5, 0.6) is 17.4 Å². The third-order valence-electron chi connectivity index (χ3n) is 6.68. The van der Waals surface area contributed by atoms with E-state index in [1.54, 1.807) is 7.11 Å². The highest BCUT2D eigenvalue weighted by molar-refractivity contribution is 6.01. The normalized spacial score (nSPS) is 19.6. The van der Waals surface area contributed by atoms with Crippen molar-refractivity contribution < 1.29 is 19.0 Å². The largest absolute Gasteiger partial charge is 0.486 e. The van der Waals surface area contributed by atoms with Crippen LogP contribution in [0.1, 0.15) is 31.2 Å².